The third kappa shape index (κ3) is 3.11. The fourth-order valence-electron chi connectivity index (χ4n) is 4.43. The van der Waals surface area contributed by atoms with Crippen LogP contribution in [0.1, 0.15) is 28.2 Å². The van der Waals surface area contributed by atoms with E-state index in [0.29, 0.717) is 42.9 Å². The minimum atomic E-state index is -3.58. The standard InChI is InChI=1S/C22H24N4O3S/c1-14-21(30(28,29)26-12-16-9-17(16)13-26)10-20(25(14)2)22(27)24-11-15-5-3-7-19-18(15)6-4-8-23-19/h3-8,10,16-17H,9,11-13H2,1-2H3,(H,24,27). The van der Waals surface area contributed by atoms with Crippen molar-refractivity contribution in [2.24, 2.45) is 18.9 Å². The quantitative estimate of drug-likeness (QED) is 0.682. The molecular formula is C22H24N4O3S. The Morgan fingerprint density at radius 3 is 2.73 bits per heavy atom. The van der Waals surface area contributed by atoms with E-state index in [1.807, 2.05) is 30.3 Å². The van der Waals surface area contributed by atoms with Crippen molar-refractivity contribution in [3.8, 4) is 0 Å². The summed E-state index contributed by atoms with van der Waals surface area (Å²) in [5, 5.41) is 3.91. The van der Waals surface area contributed by atoms with Gasteiger partial charge in [-0.25, -0.2) is 8.42 Å². The number of carbonyl (C=O) groups is 1. The van der Waals surface area contributed by atoms with E-state index in [-0.39, 0.29) is 10.8 Å². The normalized spacial score (nSPS) is 21.0. The van der Waals surface area contributed by atoms with E-state index in [2.05, 4.69) is 10.3 Å². The van der Waals surface area contributed by atoms with Crippen LogP contribution in [0.4, 0.5) is 0 Å². The number of pyridine rings is 1. The van der Waals surface area contributed by atoms with Crippen LogP contribution in [0.25, 0.3) is 10.9 Å². The molecule has 30 heavy (non-hydrogen) atoms. The molecule has 2 fully saturated rings. The first-order valence-electron chi connectivity index (χ1n) is 10.1. The first-order valence-corrected chi connectivity index (χ1v) is 11.6. The maximum atomic E-state index is 13.1. The number of piperidine rings is 1. The van der Waals surface area contributed by atoms with Crippen molar-refractivity contribution in [1.82, 2.24) is 19.2 Å². The lowest BCUT2D eigenvalue weighted by molar-refractivity contribution is 0.0942. The van der Waals surface area contributed by atoms with E-state index >= 15 is 0 Å². The lowest BCUT2D eigenvalue weighted by Gasteiger charge is -2.17. The second kappa shape index (κ2) is 6.92. The molecule has 1 amide bonds. The second-order valence-corrected chi connectivity index (χ2v) is 10.2. The summed E-state index contributed by atoms with van der Waals surface area (Å²) in [6.07, 6.45) is 2.88. The molecule has 0 bridgehead atoms. The Hall–Kier alpha value is -2.71. The summed E-state index contributed by atoms with van der Waals surface area (Å²) in [5.41, 5.74) is 2.75. The Balaban J connectivity index is 1.38. The molecule has 5 rings (SSSR count). The number of fused-ring (bicyclic) bond motifs is 2. The molecule has 2 unspecified atom stereocenters. The maximum absolute atomic E-state index is 13.1. The van der Waals surface area contributed by atoms with Crippen molar-refractivity contribution in [3.05, 3.63) is 59.5 Å². The van der Waals surface area contributed by atoms with E-state index in [9.17, 15) is 13.2 Å². The molecule has 1 saturated heterocycles. The van der Waals surface area contributed by atoms with Gasteiger partial charge in [0.25, 0.3) is 5.91 Å². The number of carbonyl (C=O) groups excluding carboxylic acids is 1. The summed E-state index contributed by atoms with van der Waals surface area (Å²) >= 11 is 0. The van der Waals surface area contributed by atoms with Crippen molar-refractivity contribution >= 4 is 26.8 Å². The largest absolute Gasteiger partial charge is 0.347 e. The zero-order valence-corrected chi connectivity index (χ0v) is 17.8. The SMILES string of the molecule is Cc1c(S(=O)(=O)N2CC3CC3C2)cc(C(=O)NCc2cccc3ncccc23)n1C. The molecule has 1 aliphatic carbocycles. The highest BCUT2D eigenvalue weighted by Gasteiger charge is 2.49. The van der Waals surface area contributed by atoms with Crippen molar-refractivity contribution in [3.63, 3.8) is 0 Å². The summed E-state index contributed by atoms with van der Waals surface area (Å²) in [6, 6.07) is 11.1. The monoisotopic (exact) mass is 424 g/mol. The second-order valence-electron chi connectivity index (χ2n) is 8.29. The van der Waals surface area contributed by atoms with Gasteiger partial charge in [-0.15, -0.1) is 0 Å². The Bertz CT molecular complexity index is 1250. The number of aromatic nitrogens is 2. The molecule has 0 radical (unpaired) electrons. The topological polar surface area (TPSA) is 84.3 Å². The predicted octanol–water partition coefficient (Wildman–Crippen LogP) is 2.45. The summed E-state index contributed by atoms with van der Waals surface area (Å²) < 4.78 is 29.4. The molecule has 2 atom stereocenters. The number of sulfonamides is 1. The van der Waals surface area contributed by atoms with E-state index in [1.54, 1.807) is 29.0 Å². The van der Waals surface area contributed by atoms with E-state index in [4.69, 9.17) is 0 Å². The maximum Gasteiger partial charge on any atom is 0.268 e. The van der Waals surface area contributed by atoms with Gasteiger partial charge in [0.15, 0.2) is 0 Å². The Labute approximate surface area is 175 Å². The molecule has 7 nitrogen and oxygen atoms in total. The van der Waals surface area contributed by atoms with Gasteiger partial charge in [-0.2, -0.15) is 4.31 Å². The lowest BCUT2D eigenvalue weighted by atomic mass is 10.1. The smallest absolute Gasteiger partial charge is 0.268 e. The predicted molar refractivity (Wildman–Crippen MR) is 113 cm³/mol. The summed E-state index contributed by atoms with van der Waals surface area (Å²) in [6.45, 7) is 3.27. The van der Waals surface area contributed by atoms with Gasteiger partial charge in [0.1, 0.15) is 10.6 Å². The van der Waals surface area contributed by atoms with Gasteiger partial charge in [0.05, 0.1) is 5.52 Å². The summed E-state index contributed by atoms with van der Waals surface area (Å²) in [5.74, 6) is 0.732. The first-order chi connectivity index (χ1) is 14.4. The highest BCUT2D eigenvalue weighted by Crippen LogP contribution is 2.46. The fraction of sp³-hybridized carbons (Fsp3) is 0.364. The average Bonchev–Trinajstić information content (AvgIpc) is 3.22. The van der Waals surface area contributed by atoms with Crippen LogP contribution in [0.2, 0.25) is 0 Å². The molecule has 0 spiro atoms. The fourth-order valence-corrected chi connectivity index (χ4v) is 6.25. The Morgan fingerprint density at radius 2 is 1.97 bits per heavy atom. The minimum absolute atomic E-state index is 0.228. The number of amides is 1. The van der Waals surface area contributed by atoms with Crippen molar-refractivity contribution < 1.29 is 13.2 Å². The molecule has 156 valence electrons. The number of hydrogen-bond acceptors (Lipinski definition) is 4. The Kier molecular flexibility index (Phi) is 4.44. The number of benzene rings is 1. The number of nitrogens with zero attached hydrogens (tertiary/aromatic N) is 3. The van der Waals surface area contributed by atoms with Gasteiger partial charge < -0.3 is 9.88 Å². The third-order valence-electron chi connectivity index (χ3n) is 6.46. The molecule has 2 aromatic heterocycles. The highest BCUT2D eigenvalue weighted by molar-refractivity contribution is 7.89. The molecule has 3 heterocycles. The van der Waals surface area contributed by atoms with Crippen LogP contribution in [0.3, 0.4) is 0 Å². The molecule has 1 aromatic carbocycles. The average molecular weight is 425 g/mol. The van der Waals surface area contributed by atoms with Gasteiger partial charge >= 0.3 is 0 Å². The van der Waals surface area contributed by atoms with Crippen LogP contribution < -0.4 is 5.32 Å². The molecule has 1 saturated carbocycles. The van der Waals surface area contributed by atoms with E-state index in [0.717, 1.165) is 22.9 Å². The molecule has 1 aliphatic heterocycles. The number of hydrogen-bond donors (Lipinski definition) is 1. The van der Waals surface area contributed by atoms with Gasteiger partial charge in [-0.1, -0.05) is 18.2 Å². The van der Waals surface area contributed by atoms with Crippen LogP contribution in [-0.2, 0) is 23.6 Å². The van der Waals surface area contributed by atoms with Crippen LogP contribution in [0.5, 0.6) is 0 Å². The van der Waals surface area contributed by atoms with Crippen molar-refractivity contribution in [2.75, 3.05) is 13.1 Å². The van der Waals surface area contributed by atoms with Crippen molar-refractivity contribution in [2.45, 2.75) is 24.8 Å². The zero-order chi connectivity index (χ0) is 21.0. The first kappa shape index (κ1) is 19.3. The highest BCUT2D eigenvalue weighted by atomic mass is 32.2. The van der Waals surface area contributed by atoms with Gasteiger partial charge in [0.2, 0.25) is 10.0 Å². The molecular weight excluding hydrogens is 400 g/mol. The van der Waals surface area contributed by atoms with Gasteiger partial charge in [-0.3, -0.25) is 9.78 Å². The van der Waals surface area contributed by atoms with Crippen LogP contribution in [0.15, 0.2) is 47.5 Å². The molecule has 8 heteroatoms. The van der Waals surface area contributed by atoms with Gasteiger partial charge in [-0.05, 0) is 48.9 Å². The number of nitrogens with one attached hydrogen (secondary N) is 1. The molecule has 3 aromatic rings. The summed E-state index contributed by atoms with van der Waals surface area (Å²) in [4.78, 5) is 17.5. The molecule has 2 aliphatic rings. The lowest BCUT2D eigenvalue weighted by Crippen LogP contribution is -2.30. The van der Waals surface area contributed by atoms with E-state index in [1.165, 1.54) is 6.07 Å². The minimum Gasteiger partial charge on any atom is -0.347 e. The van der Waals surface area contributed by atoms with Gasteiger partial charge in [0, 0.05) is 44.0 Å². The third-order valence-corrected chi connectivity index (χ3v) is 8.41. The van der Waals surface area contributed by atoms with Crippen LogP contribution in [-0.4, -0.2) is 41.3 Å². The summed E-state index contributed by atoms with van der Waals surface area (Å²) in [7, 11) is -1.85. The number of rotatable bonds is 5. The van der Waals surface area contributed by atoms with Crippen LogP contribution in [0, 0.1) is 18.8 Å². The van der Waals surface area contributed by atoms with E-state index < -0.39 is 10.0 Å². The molecule has 1 N–H and O–H groups in total. The van der Waals surface area contributed by atoms with Crippen molar-refractivity contribution in [1.29, 1.82) is 0 Å². The Morgan fingerprint density at radius 1 is 1.20 bits per heavy atom. The van der Waals surface area contributed by atoms with Crippen LogP contribution >= 0.6 is 0 Å². The zero-order valence-electron chi connectivity index (χ0n) is 17.0.